The minimum Gasteiger partial charge on any atom is -0.483 e. The summed E-state index contributed by atoms with van der Waals surface area (Å²) < 4.78 is 6.14. The summed E-state index contributed by atoms with van der Waals surface area (Å²) in [4.78, 5) is 11.8. The zero-order valence-corrected chi connectivity index (χ0v) is 13.3. The molecule has 0 aromatic heterocycles. The molecule has 1 aromatic carbocycles. The maximum Gasteiger partial charge on any atom is 0.258 e. The second kappa shape index (κ2) is 7.29. The number of aliphatic hydroxyl groups is 1. The maximum absolute atomic E-state index is 11.8. The third-order valence-electron chi connectivity index (χ3n) is 3.33. The summed E-state index contributed by atoms with van der Waals surface area (Å²) >= 11 is 9.16. The standard InChI is InChI=1S/C14H17BrClNO3/c15-10-7-9(16)5-6-13(10)20-8-14(19)17-11-3-1-2-4-12(11)18/h5-7,11-12,18H,1-4,8H2,(H,17,19)/t11-,12-/m0/s1. The average Bonchev–Trinajstić information content (AvgIpc) is 2.40. The molecule has 1 aliphatic rings. The Kier molecular flexibility index (Phi) is 5.69. The van der Waals surface area contributed by atoms with Gasteiger partial charge in [0.05, 0.1) is 16.6 Å². The van der Waals surface area contributed by atoms with Crippen molar-refractivity contribution in [2.24, 2.45) is 0 Å². The number of nitrogens with one attached hydrogen (secondary N) is 1. The molecule has 2 atom stereocenters. The zero-order chi connectivity index (χ0) is 14.5. The number of hydrogen-bond acceptors (Lipinski definition) is 3. The molecule has 0 saturated heterocycles. The maximum atomic E-state index is 11.8. The highest BCUT2D eigenvalue weighted by Crippen LogP contribution is 2.27. The smallest absolute Gasteiger partial charge is 0.258 e. The summed E-state index contributed by atoms with van der Waals surface area (Å²) in [5.41, 5.74) is 0. The van der Waals surface area contributed by atoms with Crippen LogP contribution in [0.3, 0.4) is 0 Å². The Labute approximate surface area is 131 Å². The van der Waals surface area contributed by atoms with Crippen molar-refractivity contribution in [3.8, 4) is 5.75 Å². The SMILES string of the molecule is O=C(COc1ccc(Cl)cc1Br)N[C@H]1CCCC[C@@H]1O. The van der Waals surface area contributed by atoms with Gasteiger partial charge in [0.15, 0.2) is 6.61 Å². The molecule has 0 radical (unpaired) electrons. The van der Waals surface area contributed by atoms with E-state index in [-0.39, 0.29) is 18.6 Å². The molecule has 20 heavy (non-hydrogen) atoms. The Bertz CT molecular complexity index is 483. The van der Waals surface area contributed by atoms with Crippen molar-refractivity contribution in [2.45, 2.75) is 37.8 Å². The summed E-state index contributed by atoms with van der Waals surface area (Å²) in [6.07, 6.45) is 3.16. The number of amides is 1. The van der Waals surface area contributed by atoms with Gasteiger partial charge in [0.2, 0.25) is 0 Å². The Balaban J connectivity index is 1.82. The van der Waals surface area contributed by atoms with Gasteiger partial charge in [-0.05, 0) is 47.0 Å². The van der Waals surface area contributed by atoms with E-state index >= 15 is 0 Å². The average molecular weight is 363 g/mol. The number of rotatable bonds is 4. The van der Waals surface area contributed by atoms with Gasteiger partial charge in [-0.3, -0.25) is 4.79 Å². The van der Waals surface area contributed by atoms with Crippen LogP contribution in [0.2, 0.25) is 5.02 Å². The molecule has 0 bridgehead atoms. The molecule has 0 heterocycles. The molecule has 1 aliphatic carbocycles. The summed E-state index contributed by atoms with van der Waals surface area (Å²) in [7, 11) is 0. The van der Waals surface area contributed by atoms with Crippen molar-refractivity contribution >= 4 is 33.4 Å². The van der Waals surface area contributed by atoms with Crippen LogP contribution in [0.5, 0.6) is 5.75 Å². The van der Waals surface area contributed by atoms with Crippen LogP contribution >= 0.6 is 27.5 Å². The minimum absolute atomic E-state index is 0.0799. The second-order valence-electron chi connectivity index (χ2n) is 4.89. The first kappa shape index (κ1) is 15.6. The van der Waals surface area contributed by atoms with Crippen LogP contribution in [0.4, 0.5) is 0 Å². The van der Waals surface area contributed by atoms with Gasteiger partial charge in [-0.25, -0.2) is 0 Å². The highest BCUT2D eigenvalue weighted by Gasteiger charge is 2.24. The molecule has 1 saturated carbocycles. The first-order valence-corrected chi connectivity index (χ1v) is 7.78. The Morgan fingerprint density at radius 1 is 1.45 bits per heavy atom. The zero-order valence-electron chi connectivity index (χ0n) is 10.9. The van der Waals surface area contributed by atoms with Gasteiger partial charge >= 0.3 is 0 Å². The van der Waals surface area contributed by atoms with Gasteiger partial charge in [-0.1, -0.05) is 24.4 Å². The quantitative estimate of drug-likeness (QED) is 0.866. The van der Waals surface area contributed by atoms with E-state index in [4.69, 9.17) is 16.3 Å². The molecule has 4 nitrogen and oxygen atoms in total. The molecule has 2 rings (SSSR count). The van der Waals surface area contributed by atoms with Crippen LogP contribution in [0.25, 0.3) is 0 Å². The van der Waals surface area contributed by atoms with Gasteiger partial charge in [-0.2, -0.15) is 0 Å². The third kappa shape index (κ3) is 4.36. The van der Waals surface area contributed by atoms with Crippen LogP contribution in [0.1, 0.15) is 25.7 Å². The number of hydrogen-bond donors (Lipinski definition) is 2. The summed E-state index contributed by atoms with van der Waals surface area (Å²) in [5, 5.41) is 13.2. The summed E-state index contributed by atoms with van der Waals surface area (Å²) in [6, 6.07) is 4.95. The summed E-state index contributed by atoms with van der Waals surface area (Å²) in [6.45, 7) is -0.0799. The first-order valence-electron chi connectivity index (χ1n) is 6.61. The Morgan fingerprint density at radius 3 is 2.90 bits per heavy atom. The van der Waals surface area contributed by atoms with Gasteiger partial charge in [-0.15, -0.1) is 0 Å². The topological polar surface area (TPSA) is 58.6 Å². The van der Waals surface area contributed by atoms with Gasteiger partial charge in [0, 0.05) is 5.02 Å². The Morgan fingerprint density at radius 2 is 2.20 bits per heavy atom. The number of halogens is 2. The van der Waals surface area contributed by atoms with Gasteiger partial charge < -0.3 is 15.2 Å². The monoisotopic (exact) mass is 361 g/mol. The normalized spacial score (nSPS) is 22.4. The van der Waals surface area contributed by atoms with Crippen LogP contribution in [0.15, 0.2) is 22.7 Å². The molecule has 1 amide bonds. The van der Waals surface area contributed by atoms with E-state index in [2.05, 4.69) is 21.2 Å². The van der Waals surface area contributed by atoms with E-state index in [1.54, 1.807) is 18.2 Å². The third-order valence-corrected chi connectivity index (χ3v) is 4.18. The number of carbonyl (C=O) groups is 1. The minimum atomic E-state index is -0.449. The van der Waals surface area contributed by atoms with Gasteiger partial charge in [0.25, 0.3) is 5.91 Å². The molecule has 1 aromatic rings. The van der Waals surface area contributed by atoms with E-state index in [0.29, 0.717) is 15.2 Å². The van der Waals surface area contributed by atoms with Crippen molar-refractivity contribution in [1.29, 1.82) is 0 Å². The molecule has 0 unspecified atom stereocenters. The lowest BCUT2D eigenvalue weighted by Crippen LogP contribution is -2.46. The lowest BCUT2D eigenvalue weighted by atomic mass is 9.92. The largest absolute Gasteiger partial charge is 0.483 e. The van der Waals surface area contributed by atoms with Crippen LogP contribution in [-0.4, -0.2) is 29.8 Å². The van der Waals surface area contributed by atoms with Crippen molar-refractivity contribution in [3.05, 3.63) is 27.7 Å². The van der Waals surface area contributed by atoms with Crippen molar-refractivity contribution in [3.63, 3.8) is 0 Å². The molecular weight excluding hydrogens is 346 g/mol. The fourth-order valence-electron chi connectivity index (χ4n) is 2.26. The second-order valence-corrected chi connectivity index (χ2v) is 6.18. The lowest BCUT2D eigenvalue weighted by molar-refractivity contribution is -0.125. The van der Waals surface area contributed by atoms with E-state index in [0.717, 1.165) is 25.7 Å². The molecule has 6 heteroatoms. The predicted octanol–water partition coefficient (Wildman–Crippen LogP) is 2.90. The van der Waals surface area contributed by atoms with Crippen LogP contribution < -0.4 is 10.1 Å². The molecule has 110 valence electrons. The number of ether oxygens (including phenoxy) is 1. The highest BCUT2D eigenvalue weighted by molar-refractivity contribution is 9.10. The van der Waals surface area contributed by atoms with Crippen molar-refractivity contribution < 1.29 is 14.6 Å². The van der Waals surface area contributed by atoms with Crippen LogP contribution in [0, 0.1) is 0 Å². The Hall–Kier alpha value is -0.780. The van der Waals surface area contributed by atoms with Crippen LogP contribution in [-0.2, 0) is 4.79 Å². The number of benzene rings is 1. The van der Waals surface area contributed by atoms with Crippen molar-refractivity contribution in [1.82, 2.24) is 5.32 Å². The lowest BCUT2D eigenvalue weighted by Gasteiger charge is -2.28. The molecule has 1 fully saturated rings. The van der Waals surface area contributed by atoms with E-state index in [1.807, 2.05) is 0 Å². The van der Waals surface area contributed by atoms with Crippen molar-refractivity contribution in [2.75, 3.05) is 6.61 Å². The van der Waals surface area contributed by atoms with E-state index in [9.17, 15) is 9.90 Å². The fourth-order valence-corrected chi connectivity index (χ4v) is 3.06. The number of aliphatic hydroxyl groups excluding tert-OH is 1. The molecule has 0 spiro atoms. The molecular formula is C14H17BrClNO3. The molecule has 2 N–H and O–H groups in total. The number of carbonyl (C=O) groups excluding carboxylic acids is 1. The van der Waals surface area contributed by atoms with E-state index in [1.165, 1.54) is 0 Å². The van der Waals surface area contributed by atoms with Gasteiger partial charge in [0.1, 0.15) is 5.75 Å². The summed E-state index contributed by atoms with van der Waals surface area (Å²) in [5.74, 6) is 0.339. The fraction of sp³-hybridized carbons (Fsp3) is 0.500. The molecule has 0 aliphatic heterocycles. The first-order chi connectivity index (χ1) is 9.56. The van der Waals surface area contributed by atoms with E-state index < -0.39 is 6.10 Å². The predicted molar refractivity (Wildman–Crippen MR) is 81.1 cm³/mol. The highest BCUT2D eigenvalue weighted by atomic mass is 79.9.